The maximum absolute atomic E-state index is 14.5. The van der Waals surface area contributed by atoms with E-state index < -0.39 is 28.4 Å². The second-order valence-corrected chi connectivity index (χ2v) is 17.5. The molecule has 20 heteroatoms. The minimum atomic E-state index is -4.86. The Morgan fingerprint density at radius 3 is 2.52 bits per heavy atom. The van der Waals surface area contributed by atoms with E-state index in [1.807, 2.05) is 39.8 Å². The molecule has 3 amide bonds. The number of carbonyl (C=O) groups excluding carboxylic acids is 3. The number of alkyl halides is 3. The first kappa shape index (κ1) is 45.6. The number of nitro groups is 1. The van der Waals surface area contributed by atoms with Crippen molar-refractivity contribution in [3.8, 4) is 28.5 Å². The second-order valence-electron chi connectivity index (χ2n) is 17.5. The van der Waals surface area contributed by atoms with Gasteiger partial charge in [-0.25, -0.2) is 19.9 Å². The maximum Gasteiger partial charge on any atom is 0.573 e. The quantitative estimate of drug-likeness (QED) is 0.0583. The van der Waals surface area contributed by atoms with E-state index in [4.69, 9.17) is 9.97 Å². The Labute approximate surface area is 378 Å². The molecule has 0 saturated heterocycles. The molecule has 3 unspecified atom stereocenters. The van der Waals surface area contributed by atoms with Gasteiger partial charge in [-0.2, -0.15) is 0 Å². The molecule has 1 aliphatic carbocycles. The van der Waals surface area contributed by atoms with Crippen molar-refractivity contribution in [2.75, 3.05) is 34.8 Å². The number of anilines is 3. The highest BCUT2D eigenvalue weighted by atomic mass is 19.4. The van der Waals surface area contributed by atoms with Crippen LogP contribution in [0.1, 0.15) is 93.3 Å². The van der Waals surface area contributed by atoms with Crippen LogP contribution in [-0.2, 0) is 16.1 Å². The van der Waals surface area contributed by atoms with Crippen molar-refractivity contribution < 1.29 is 37.2 Å². The molecule has 66 heavy (non-hydrogen) atoms. The summed E-state index contributed by atoms with van der Waals surface area (Å²) in [6.07, 6.45) is 3.12. The fourth-order valence-corrected chi connectivity index (χ4v) is 9.65. The molecule has 0 bridgehead atoms. The monoisotopic (exact) mass is 909 g/mol. The number of ether oxygens (including phenoxy) is 1. The van der Waals surface area contributed by atoms with E-state index in [0.29, 0.717) is 72.6 Å². The molecule has 2 aromatic carbocycles. The van der Waals surface area contributed by atoms with Crippen molar-refractivity contribution >= 4 is 40.7 Å². The lowest BCUT2D eigenvalue weighted by Crippen LogP contribution is -2.58. The van der Waals surface area contributed by atoms with E-state index >= 15 is 0 Å². The molecule has 5 heterocycles. The third-order valence-corrected chi connectivity index (χ3v) is 12.7. The number of nitro benzene ring substituents is 1. The van der Waals surface area contributed by atoms with E-state index in [2.05, 4.69) is 30.4 Å². The molecule has 3 aromatic heterocycles. The van der Waals surface area contributed by atoms with Gasteiger partial charge in [0.15, 0.2) is 17.5 Å². The van der Waals surface area contributed by atoms with Crippen molar-refractivity contribution in [1.29, 1.82) is 0 Å². The summed E-state index contributed by atoms with van der Waals surface area (Å²) >= 11 is 0. The van der Waals surface area contributed by atoms with Crippen LogP contribution in [0.2, 0.25) is 0 Å². The van der Waals surface area contributed by atoms with Crippen LogP contribution >= 0.6 is 0 Å². The first-order chi connectivity index (χ1) is 31.5. The number of carbonyl (C=O) groups is 3. The van der Waals surface area contributed by atoms with Gasteiger partial charge in [-0.3, -0.25) is 34.1 Å². The molecule has 8 rings (SSSR count). The van der Waals surface area contributed by atoms with Crippen molar-refractivity contribution in [2.24, 2.45) is 11.3 Å². The predicted octanol–water partition coefficient (Wildman–Crippen LogP) is 8.01. The van der Waals surface area contributed by atoms with Crippen LogP contribution in [0.15, 0.2) is 67.1 Å². The molecule has 17 nitrogen and oxygen atoms in total. The predicted molar refractivity (Wildman–Crippen MR) is 238 cm³/mol. The minimum absolute atomic E-state index is 0.0176. The zero-order chi connectivity index (χ0) is 46.9. The van der Waals surface area contributed by atoms with Gasteiger partial charge in [-0.05, 0) is 99.4 Å². The van der Waals surface area contributed by atoms with E-state index in [1.165, 1.54) is 18.2 Å². The smallest absolute Gasteiger partial charge is 0.406 e. The minimum Gasteiger partial charge on any atom is -0.406 e. The summed E-state index contributed by atoms with van der Waals surface area (Å²) in [5, 5.41) is 22.5. The van der Waals surface area contributed by atoms with E-state index in [-0.39, 0.29) is 60.5 Å². The number of aryl methyl sites for hydroxylation is 2. The van der Waals surface area contributed by atoms with Gasteiger partial charge in [0, 0.05) is 72.2 Å². The van der Waals surface area contributed by atoms with Gasteiger partial charge in [-0.15, -0.1) is 18.3 Å². The molecule has 5 aromatic rings. The molecular weight excluding hydrogens is 860 g/mol. The average molecular weight is 910 g/mol. The third kappa shape index (κ3) is 9.53. The lowest BCUT2D eigenvalue weighted by Gasteiger charge is -2.51. The number of amides is 3. The van der Waals surface area contributed by atoms with Crippen molar-refractivity contribution in [3.05, 3.63) is 94.1 Å². The van der Waals surface area contributed by atoms with Gasteiger partial charge < -0.3 is 20.3 Å². The Morgan fingerprint density at radius 1 is 1.00 bits per heavy atom. The highest BCUT2D eigenvalue weighted by Crippen LogP contribution is 2.55. The lowest BCUT2D eigenvalue weighted by molar-refractivity contribution is -0.384. The zero-order valence-corrected chi connectivity index (χ0v) is 37.0. The molecule has 0 spiro atoms. The average Bonchev–Trinajstić information content (AvgIpc) is 3.98. The molecule has 2 aliphatic heterocycles. The number of unbranched alkanes of at least 4 members (excludes halogenated alkanes) is 2. The van der Waals surface area contributed by atoms with Crippen LogP contribution in [0.25, 0.3) is 22.8 Å². The summed E-state index contributed by atoms with van der Waals surface area (Å²) in [6, 6.07) is 12.7. The Bertz CT molecular complexity index is 2660. The Kier molecular flexibility index (Phi) is 12.8. The van der Waals surface area contributed by atoms with E-state index in [1.54, 1.807) is 39.1 Å². The number of pyridine rings is 1. The van der Waals surface area contributed by atoms with Gasteiger partial charge in [-0.1, -0.05) is 26.7 Å². The normalized spacial score (nSPS) is 18.0. The first-order valence-electron chi connectivity index (χ1n) is 22.0. The number of hydrogen-bond donors (Lipinski definition) is 2. The van der Waals surface area contributed by atoms with Gasteiger partial charge in [0.2, 0.25) is 11.8 Å². The number of non-ortho nitro benzene ring substituents is 1. The van der Waals surface area contributed by atoms with E-state index in [9.17, 15) is 37.7 Å². The highest BCUT2D eigenvalue weighted by Gasteiger charge is 2.51. The maximum atomic E-state index is 14.5. The van der Waals surface area contributed by atoms with Crippen LogP contribution in [0.4, 0.5) is 36.2 Å². The summed E-state index contributed by atoms with van der Waals surface area (Å²) in [5.41, 5.74) is 3.47. The lowest BCUT2D eigenvalue weighted by atomic mass is 9.68. The van der Waals surface area contributed by atoms with Crippen LogP contribution in [0.5, 0.6) is 5.75 Å². The first-order valence-corrected chi connectivity index (χ1v) is 22.0. The van der Waals surface area contributed by atoms with Gasteiger partial charge in [0.25, 0.3) is 11.6 Å². The summed E-state index contributed by atoms with van der Waals surface area (Å²) in [6.45, 7) is 9.06. The number of likely N-dealkylation sites (N-methyl/N-ethyl adjacent to an activating group) is 1. The van der Waals surface area contributed by atoms with E-state index in [0.717, 1.165) is 42.5 Å². The number of nitrogens with zero attached hydrogens (tertiary/aromatic N) is 9. The molecular formula is C46H50F3N11O6. The summed E-state index contributed by atoms with van der Waals surface area (Å²) < 4.78 is 43.8. The van der Waals surface area contributed by atoms with Crippen LogP contribution < -0.4 is 25.2 Å². The summed E-state index contributed by atoms with van der Waals surface area (Å²) in [7, 11) is 0. The molecule has 1 fully saturated rings. The molecule has 3 atom stereocenters. The van der Waals surface area contributed by atoms with Crippen LogP contribution in [-0.4, -0.2) is 84.4 Å². The number of fused-ring (bicyclic) bond motifs is 4. The largest absolute Gasteiger partial charge is 0.573 e. The van der Waals surface area contributed by atoms with Crippen LogP contribution in [0.3, 0.4) is 0 Å². The molecule has 2 N–H and O–H groups in total. The summed E-state index contributed by atoms with van der Waals surface area (Å²) in [5.74, 6) is 0.315. The van der Waals surface area contributed by atoms with Crippen molar-refractivity contribution in [3.63, 3.8) is 0 Å². The molecule has 3 aliphatic rings. The number of aromatic nitrogens is 6. The van der Waals surface area contributed by atoms with Crippen molar-refractivity contribution in [1.82, 2.24) is 35.0 Å². The SMILES string of the molecule is CCN1C(=O)CNc2ncc(-c3ccc(-c4ncn(CCCCCC(=O)N5c6ccc([N+](=O)[O-])cc6C6CCCC6C5C(C)(C)CNC(=O)c5ccc(OC(F)(F)F)cc5)n4)nc3C)nc21. The van der Waals surface area contributed by atoms with Crippen molar-refractivity contribution in [2.45, 2.75) is 97.5 Å². The summed E-state index contributed by atoms with van der Waals surface area (Å²) in [4.78, 5) is 73.6. The second kappa shape index (κ2) is 18.5. The molecule has 0 radical (unpaired) electrons. The number of rotatable bonds is 15. The van der Waals surface area contributed by atoms with Gasteiger partial charge >= 0.3 is 6.36 Å². The number of benzene rings is 2. The standard InChI is InChI=1S/C46H50F3N11O6/c1-5-58-39(62)24-51-42-43(58)55-36(23-50-42)31-18-19-35(54-27(31)2)41-53-26-57(56-41)21-8-6-7-12-38(61)59-37-20-15-29(60(64)65)22-34(37)32-10-9-11-33(32)40(59)45(3,4)25-52-44(63)28-13-16-30(17-14-28)66-46(47,48)49/h13-20,22-23,26,32-33,40H,5-12,21,24-25H2,1-4H3,(H,50,51)(H,52,63). The number of hydrogen-bond acceptors (Lipinski definition) is 12. The number of halogens is 3. The van der Waals surface area contributed by atoms with Crippen LogP contribution in [0, 0.1) is 28.4 Å². The third-order valence-electron chi connectivity index (χ3n) is 12.7. The Morgan fingerprint density at radius 2 is 1.79 bits per heavy atom. The fourth-order valence-electron chi connectivity index (χ4n) is 9.65. The number of nitrogens with one attached hydrogen (secondary N) is 2. The molecule has 1 saturated carbocycles. The van der Waals surface area contributed by atoms with Gasteiger partial charge in [0.1, 0.15) is 17.8 Å². The molecule has 346 valence electrons. The Hall–Kier alpha value is -6.99. The topological polar surface area (TPSA) is 203 Å². The van der Waals surface area contributed by atoms with Gasteiger partial charge in [0.05, 0.1) is 23.4 Å². The fraction of sp³-hybridized carbons (Fsp3) is 0.435. The highest BCUT2D eigenvalue weighted by molar-refractivity contribution is 6.01. The zero-order valence-electron chi connectivity index (χ0n) is 37.0. The Balaban J connectivity index is 0.917.